The Kier molecular flexibility index (Phi) is 5.57. The van der Waals surface area contributed by atoms with Crippen molar-refractivity contribution in [3.63, 3.8) is 0 Å². The lowest BCUT2D eigenvalue weighted by atomic mass is 9.84. The fourth-order valence-corrected chi connectivity index (χ4v) is 7.01. The SMILES string of the molecule is c1ccc2cc(-c3c4ccccc4c(-c4ccc5ccccc5c4)c4cc(-c5ccnc6ccccc56)ccc34)ccc2c1. The third-order valence-electron chi connectivity index (χ3n) is 9.06. The Morgan fingerprint density at radius 1 is 0.318 bits per heavy atom. The minimum atomic E-state index is 1.01. The molecule has 0 saturated carbocycles. The molecule has 0 aliphatic carbocycles. The van der Waals surface area contributed by atoms with E-state index in [1.54, 1.807) is 0 Å². The summed E-state index contributed by atoms with van der Waals surface area (Å²) in [7, 11) is 0. The maximum atomic E-state index is 4.64. The van der Waals surface area contributed by atoms with Crippen LogP contribution in [0.3, 0.4) is 0 Å². The third kappa shape index (κ3) is 3.91. The van der Waals surface area contributed by atoms with Crippen molar-refractivity contribution < 1.29 is 0 Å². The highest BCUT2D eigenvalue weighted by molar-refractivity contribution is 6.22. The summed E-state index contributed by atoms with van der Waals surface area (Å²) in [5.41, 5.74) is 8.40. The first-order valence-corrected chi connectivity index (χ1v) is 15.1. The van der Waals surface area contributed by atoms with E-state index in [4.69, 9.17) is 0 Å². The highest BCUT2D eigenvalue weighted by atomic mass is 14.6. The number of fused-ring (bicyclic) bond motifs is 5. The summed E-state index contributed by atoms with van der Waals surface area (Å²) in [5.74, 6) is 0. The van der Waals surface area contributed by atoms with Gasteiger partial charge in [0.2, 0.25) is 0 Å². The van der Waals surface area contributed by atoms with Crippen LogP contribution in [0.4, 0.5) is 0 Å². The smallest absolute Gasteiger partial charge is 0.0708 e. The minimum Gasteiger partial charge on any atom is -0.256 e. The minimum absolute atomic E-state index is 1.01. The van der Waals surface area contributed by atoms with E-state index in [9.17, 15) is 0 Å². The monoisotopic (exact) mass is 557 g/mol. The van der Waals surface area contributed by atoms with Crippen molar-refractivity contribution in [3.05, 3.63) is 164 Å². The van der Waals surface area contributed by atoms with Gasteiger partial charge in [-0.15, -0.1) is 0 Å². The second kappa shape index (κ2) is 9.90. The van der Waals surface area contributed by atoms with Crippen LogP contribution in [0, 0.1) is 0 Å². The average Bonchev–Trinajstić information content (AvgIpc) is 3.09. The van der Waals surface area contributed by atoms with Crippen molar-refractivity contribution >= 4 is 54.0 Å². The van der Waals surface area contributed by atoms with Gasteiger partial charge in [-0.1, -0.05) is 127 Å². The van der Waals surface area contributed by atoms with Gasteiger partial charge in [-0.3, -0.25) is 4.98 Å². The van der Waals surface area contributed by atoms with Gasteiger partial charge < -0.3 is 0 Å². The van der Waals surface area contributed by atoms with E-state index in [-0.39, 0.29) is 0 Å². The number of hydrogen-bond acceptors (Lipinski definition) is 1. The summed E-state index contributed by atoms with van der Waals surface area (Å²) in [6.45, 7) is 0. The van der Waals surface area contributed by atoms with E-state index in [1.165, 1.54) is 76.5 Å². The zero-order valence-corrected chi connectivity index (χ0v) is 24.0. The van der Waals surface area contributed by atoms with Crippen LogP contribution in [0.2, 0.25) is 0 Å². The summed E-state index contributed by atoms with van der Waals surface area (Å²) < 4.78 is 0. The predicted molar refractivity (Wildman–Crippen MR) is 188 cm³/mol. The fraction of sp³-hybridized carbons (Fsp3) is 0. The van der Waals surface area contributed by atoms with Crippen molar-refractivity contribution in [2.75, 3.05) is 0 Å². The second-order valence-corrected chi connectivity index (χ2v) is 11.6. The van der Waals surface area contributed by atoms with Crippen molar-refractivity contribution in [1.29, 1.82) is 0 Å². The zero-order valence-electron chi connectivity index (χ0n) is 24.0. The molecule has 0 amide bonds. The molecule has 1 heteroatoms. The van der Waals surface area contributed by atoms with Crippen LogP contribution < -0.4 is 0 Å². The van der Waals surface area contributed by atoms with Gasteiger partial charge in [-0.25, -0.2) is 0 Å². The summed E-state index contributed by atoms with van der Waals surface area (Å²) in [4.78, 5) is 4.64. The molecule has 0 N–H and O–H groups in total. The Bertz CT molecular complexity index is 2550. The molecule has 0 fully saturated rings. The van der Waals surface area contributed by atoms with E-state index in [2.05, 4.69) is 163 Å². The number of nitrogens with zero attached hydrogens (tertiary/aromatic N) is 1. The second-order valence-electron chi connectivity index (χ2n) is 11.6. The molecule has 204 valence electrons. The molecule has 0 bridgehead atoms. The average molecular weight is 558 g/mol. The lowest BCUT2D eigenvalue weighted by Crippen LogP contribution is -1.92. The highest BCUT2D eigenvalue weighted by Gasteiger charge is 2.18. The lowest BCUT2D eigenvalue weighted by Gasteiger charge is -2.19. The van der Waals surface area contributed by atoms with Gasteiger partial charge >= 0.3 is 0 Å². The summed E-state index contributed by atoms with van der Waals surface area (Å²) >= 11 is 0. The molecule has 9 aromatic rings. The fourth-order valence-electron chi connectivity index (χ4n) is 7.01. The van der Waals surface area contributed by atoms with E-state index in [0.717, 1.165) is 10.9 Å². The van der Waals surface area contributed by atoms with Crippen molar-refractivity contribution in [1.82, 2.24) is 4.98 Å². The van der Waals surface area contributed by atoms with Crippen LogP contribution >= 0.6 is 0 Å². The molecular weight excluding hydrogens is 530 g/mol. The van der Waals surface area contributed by atoms with Gasteiger partial charge in [-0.05, 0) is 107 Å². The van der Waals surface area contributed by atoms with Crippen LogP contribution in [0.15, 0.2) is 164 Å². The van der Waals surface area contributed by atoms with Crippen LogP contribution in [0.25, 0.3) is 87.4 Å². The molecule has 0 aliphatic rings. The van der Waals surface area contributed by atoms with Crippen molar-refractivity contribution in [3.8, 4) is 33.4 Å². The molecule has 1 aromatic heterocycles. The largest absolute Gasteiger partial charge is 0.256 e. The number of pyridine rings is 1. The molecule has 1 nitrogen and oxygen atoms in total. The molecule has 0 unspecified atom stereocenters. The van der Waals surface area contributed by atoms with E-state index >= 15 is 0 Å². The van der Waals surface area contributed by atoms with Gasteiger partial charge in [0, 0.05) is 11.6 Å². The number of rotatable bonds is 3. The highest BCUT2D eigenvalue weighted by Crippen LogP contribution is 2.46. The third-order valence-corrected chi connectivity index (χ3v) is 9.06. The Morgan fingerprint density at radius 2 is 0.818 bits per heavy atom. The Balaban J connectivity index is 1.42. The molecule has 44 heavy (non-hydrogen) atoms. The summed E-state index contributed by atoms with van der Waals surface area (Å²) in [5, 5.41) is 11.2. The molecule has 0 aliphatic heterocycles. The lowest BCUT2D eigenvalue weighted by molar-refractivity contribution is 1.41. The van der Waals surface area contributed by atoms with E-state index in [0.29, 0.717) is 0 Å². The van der Waals surface area contributed by atoms with Gasteiger partial charge in [0.1, 0.15) is 0 Å². The topological polar surface area (TPSA) is 12.9 Å². The quantitative estimate of drug-likeness (QED) is 0.197. The molecular formula is C43H27N. The number of para-hydroxylation sites is 1. The van der Waals surface area contributed by atoms with Gasteiger partial charge in [-0.2, -0.15) is 0 Å². The Morgan fingerprint density at radius 3 is 1.48 bits per heavy atom. The Labute approximate surface area is 255 Å². The molecule has 8 aromatic carbocycles. The standard InChI is InChI=1S/C43H27N/c1-3-11-30-25-33(19-17-28(30)9-1)42-37-14-5-6-15-38(37)43(34-20-18-29-10-2-4-12-31(29)26-34)40-27-32(21-22-39(40)42)35-23-24-44-41-16-8-7-13-36(35)41/h1-27H. The first kappa shape index (κ1) is 24.8. The molecule has 9 rings (SSSR count). The summed E-state index contributed by atoms with van der Waals surface area (Å²) in [6.07, 6.45) is 1.92. The predicted octanol–water partition coefficient (Wildman–Crippen LogP) is 11.8. The molecule has 0 saturated heterocycles. The van der Waals surface area contributed by atoms with Crippen molar-refractivity contribution in [2.24, 2.45) is 0 Å². The van der Waals surface area contributed by atoms with Crippen LogP contribution in [-0.4, -0.2) is 4.98 Å². The Hall–Kier alpha value is -5.79. The van der Waals surface area contributed by atoms with Gasteiger partial charge in [0.05, 0.1) is 5.52 Å². The van der Waals surface area contributed by atoms with Crippen LogP contribution in [-0.2, 0) is 0 Å². The normalized spacial score (nSPS) is 11.6. The number of benzene rings is 8. The number of hydrogen-bond donors (Lipinski definition) is 0. The molecule has 0 atom stereocenters. The zero-order chi connectivity index (χ0) is 29.0. The molecule has 1 heterocycles. The molecule has 0 spiro atoms. The molecule has 0 radical (unpaired) electrons. The maximum Gasteiger partial charge on any atom is 0.0708 e. The number of aromatic nitrogens is 1. The van der Waals surface area contributed by atoms with Gasteiger partial charge in [0.25, 0.3) is 0 Å². The van der Waals surface area contributed by atoms with Crippen molar-refractivity contribution in [2.45, 2.75) is 0 Å². The van der Waals surface area contributed by atoms with Gasteiger partial charge in [0.15, 0.2) is 0 Å². The summed E-state index contributed by atoms with van der Waals surface area (Å²) in [6, 6.07) is 57.5. The van der Waals surface area contributed by atoms with E-state index < -0.39 is 0 Å². The first-order valence-electron chi connectivity index (χ1n) is 15.1. The maximum absolute atomic E-state index is 4.64. The first-order chi connectivity index (χ1) is 21.8. The van der Waals surface area contributed by atoms with Crippen LogP contribution in [0.1, 0.15) is 0 Å². The van der Waals surface area contributed by atoms with Crippen LogP contribution in [0.5, 0.6) is 0 Å². The van der Waals surface area contributed by atoms with E-state index in [1.807, 2.05) is 6.20 Å².